The van der Waals surface area contributed by atoms with Crippen LogP contribution in [0.2, 0.25) is 0 Å². The van der Waals surface area contributed by atoms with Gasteiger partial charge in [-0.25, -0.2) is 4.79 Å². The van der Waals surface area contributed by atoms with Crippen molar-refractivity contribution in [1.29, 1.82) is 0 Å². The van der Waals surface area contributed by atoms with E-state index in [9.17, 15) is 14.7 Å². The van der Waals surface area contributed by atoms with Crippen LogP contribution in [0.15, 0.2) is 42.5 Å². The van der Waals surface area contributed by atoms with Crippen molar-refractivity contribution in [1.82, 2.24) is 10.2 Å². The molecule has 7 rings (SSSR count). The molecule has 6 aliphatic rings. The summed E-state index contributed by atoms with van der Waals surface area (Å²) in [6, 6.07) is 8.08. The first-order valence-electron chi connectivity index (χ1n) is 19.8. The normalized spacial score (nSPS) is 42.9. The number of fused-ring (bicyclic) bond motifs is 7. The maximum absolute atomic E-state index is 13.9. The SMILES string of the molecule is C=C(C)[C@@H]1CC[C@]2(NC(=O)CN3CCCCC3C)CC[C@]3(C)[C@H](CCC4[C@@]5(C)CC=C(c6ccc(C(=O)O)cc6)C(C)(C)C5CC[C@]43C)C12. The Hall–Kier alpha value is -2.40. The van der Waals surface area contributed by atoms with Crippen LogP contribution in [0, 0.1) is 51.2 Å². The zero-order chi connectivity index (χ0) is 35.1. The van der Waals surface area contributed by atoms with E-state index in [1.807, 2.05) is 12.1 Å². The zero-order valence-electron chi connectivity index (χ0n) is 31.7. The molecule has 0 radical (unpaired) electrons. The van der Waals surface area contributed by atoms with Gasteiger partial charge >= 0.3 is 5.97 Å². The van der Waals surface area contributed by atoms with E-state index in [4.69, 9.17) is 0 Å². The summed E-state index contributed by atoms with van der Waals surface area (Å²) in [5, 5.41) is 13.3. The number of carbonyl (C=O) groups excluding carboxylic acids is 1. The number of carboxylic acids is 1. The minimum absolute atomic E-state index is 0.00514. The van der Waals surface area contributed by atoms with Gasteiger partial charge in [-0.2, -0.15) is 0 Å². The highest BCUT2D eigenvalue weighted by atomic mass is 16.4. The maximum atomic E-state index is 13.9. The van der Waals surface area contributed by atoms with E-state index in [0.717, 1.165) is 32.2 Å². The maximum Gasteiger partial charge on any atom is 0.335 e. The molecule has 0 aromatic heterocycles. The molecule has 5 fully saturated rings. The topological polar surface area (TPSA) is 69.6 Å². The van der Waals surface area contributed by atoms with Crippen LogP contribution in [0.25, 0.3) is 5.57 Å². The van der Waals surface area contributed by atoms with E-state index >= 15 is 0 Å². The lowest BCUT2D eigenvalue weighted by atomic mass is 9.33. The second-order valence-electron chi connectivity index (χ2n) is 19.1. The highest BCUT2D eigenvalue weighted by Gasteiger charge is 2.70. The standard InChI is InChI=1S/C44H64N2O3/c1-28(2)32-18-23-44(45-37(47)27-46-26-10-9-11-29(46)3)25-24-42(7)34(38(32)44)16-17-36-41(6)21-19-33(30-12-14-31(15-13-30)39(48)49)40(4,5)35(41)20-22-43(36,42)8/h12-15,19,29,32,34-36,38H,1,9-11,16-18,20-27H2,2-8H3,(H,45,47)(H,48,49)/t29?,32-,34+,35?,36?,38?,41-,42+,43+,44-/m0/s1. The molecule has 1 heterocycles. The fraction of sp³-hybridized carbons (Fsp3) is 0.727. The van der Waals surface area contributed by atoms with E-state index in [0.29, 0.717) is 47.7 Å². The van der Waals surface area contributed by atoms with Crippen molar-refractivity contribution >= 4 is 17.4 Å². The summed E-state index contributed by atoms with van der Waals surface area (Å²) in [6.07, 6.45) is 16.9. The lowest BCUT2D eigenvalue weighted by Gasteiger charge is -2.72. The fourth-order valence-corrected chi connectivity index (χ4v) is 14.2. The summed E-state index contributed by atoms with van der Waals surface area (Å²) in [5.41, 5.74) is 4.82. The summed E-state index contributed by atoms with van der Waals surface area (Å²) in [7, 11) is 0. The van der Waals surface area contributed by atoms with E-state index in [1.165, 1.54) is 68.1 Å². The highest BCUT2D eigenvalue weighted by Crippen LogP contribution is 2.76. The van der Waals surface area contributed by atoms with Gasteiger partial charge in [-0.3, -0.25) is 9.69 Å². The number of carboxylic acid groups (broad SMARTS) is 1. The van der Waals surface area contributed by atoms with Crippen LogP contribution >= 0.6 is 0 Å². The second-order valence-corrected chi connectivity index (χ2v) is 19.1. The first-order valence-corrected chi connectivity index (χ1v) is 19.8. The summed E-state index contributed by atoms with van der Waals surface area (Å²) in [6.45, 7) is 23.6. The monoisotopic (exact) mass is 668 g/mol. The van der Waals surface area contributed by atoms with Crippen LogP contribution < -0.4 is 5.32 Å². The minimum atomic E-state index is -0.867. The number of likely N-dealkylation sites (tertiary alicyclic amines) is 1. The Kier molecular flexibility index (Phi) is 8.64. The number of nitrogens with zero attached hydrogens (tertiary/aromatic N) is 1. The van der Waals surface area contributed by atoms with Crippen molar-refractivity contribution in [3.63, 3.8) is 0 Å². The number of piperidine rings is 1. The van der Waals surface area contributed by atoms with E-state index in [-0.39, 0.29) is 33.1 Å². The molecule has 5 aliphatic carbocycles. The molecule has 4 saturated carbocycles. The number of aromatic carboxylic acids is 1. The Labute approximate surface area is 296 Å². The zero-order valence-corrected chi connectivity index (χ0v) is 31.7. The molecule has 0 spiro atoms. The number of rotatable bonds is 6. The molecule has 1 amide bonds. The van der Waals surface area contributed by atoms with E-state index in [2.05, 4.69) is 71.3 Å². The molecule has 1 aromatic rings. The van der Waals surface area contributed by atoms with Gasteiger partial charge in [-0.1, -0.05) is 71.4 Å². The number of benzene rings is 1. The molecular weight excluding hydrogens is 604 g/mol. The Balaban J connectivity index is 1.18. The average molecular weight is 669 g/mol. The van der Waals surface area contributed by atoms with Gasteiger partial charge < -0.3 is 10.4 Å². The number of nitrogens with one attached hydrogen (secondary N) is 1. The molecule has 5 nitrogen and oxygen atoms in total. The largest absolute Gasteiger partial charge is 0.478 e. The average Bonchev–Trinajstić information content (AvgIpc) is 3.42. The van der Waals surface area contributed by atoms with Gasteiger partial charge in [0.25, 0.3) is 0 Å². The summed E-state index contributed by atoms with van der Waals surface area (Å²) < 4.78 is 0. The number of hydrogen-bond donors (Lipinski definition) is 2. The molecule has 1 aliphatic heterocycles. The van der Waals surface area contributed by atoms with Gasteiger partial charge in [-0.05, 0) is 166 Å². The Morgan fingerprint density at radius 2 is 1.63 bits per heavy atom. The van der Waals surface area contributed by atoms with Crippen molar-refractivity contribution in [2.24, 2.45) is 51.2 Å². The molecule has 2 N–H and O–H groups in total. The predicted octanol–water partition coefficient (Wildman–Crippen LogP) is 9.78. The summed E-state index contributed by atoms with van der Waals surface area (Å²) >= 11 is 0. The molecule has 1 aromatic carbocycles. The number of allylic oxidation sites excluding steroid dienone is 3. The summed E-state index contributed by atoms with van der Waals surface area (Å²) in [5.74, 6) is 2.16. The predicted molar refractivity (Wildman–Crippen MR) is 199 cm³/mol. The molecule has 1 saturated heterocycles. The molecule has 49 heavy (non-hydrogen) atoms. The fourth-order valence-electron chi connectivity index (χ4n) is 14.2. The lowest BCUT2D eigenvalue weighted by Crippen LogP contribution is -2.68. The molecule has 4 unspecified atom stereocenters. The van der Waals surface area contributed by atoms with Crippen LogP contribution in [-0.4, -0.2) is 46.6 Å². The number of amides is 1. The van der Waals surface area contributed by atoms with Crippen molar-refractivity contribution < 1.29 is 14.7 Å². The van der Waals surface area contributed by atoms with Gasteiger partial charge in [-0.15, -0.1) is 0 Å². The molecule has 5 heteroatoms. The minimum Gasteiger partial charge on any atom is -0.478 e. The second kappa shape index (κ2) is 12.1. The van der Waals surface area contributed by atoms with Crippen LogP contribution in [0.3, 0.4) is 0 Å². The number of hydrogen-bond acceptors (Lipinski definition) is 3. The molecule has 268 valence electrons. The van der Waals surface area contributed by atoms with Crippen LogP contribution in [0.1, 0.15) is 141 Å². The van der Waals surface area contributed by atoms with Gasteiger partial charge in [0, 0.05) is 11.6 Å². The first-order chi connectivity index (χ1) is 23.1. The van der Waals surface area contributed by atoms with Gasteiger partial charge in [0.15, 0.2) is 0 Å². The third kappa shape index (κ3) is 5.24. The molecule has 0 bridgehead atoms. The van der Waals surface area contributed by atoms with Crippen LogP contribution in [0.4, 0.5) is 0 Å². The third-order valence-electron chi connectivity index (χ3n) is 16.8. The van der Waals surface area contributed by atoms with Crippen molar-refractivity contribution in [3.05, 3.63) is 53.6 Å². The van der Waals surface area contributed by atoms with Crippen molar-refractivity contribution in [3.8, 4) is 0 Å². The number of carbonyl (C=O) groups is 2. The highest BCUT2D eigenvalue weighted by molar-refractivity contribution is 5.88. The van der Waals surface area contributed by atoms with Gasteiger partial charge in [0.2, 0.25) is 5.91 Å². The molecule has 10 atom stereocenters. The van der Waals surface area contributed by atoms with Gasteiger partial charge in [0.05, 0.1) is 12.1 Å². The van der Waals surface area contributed by atoms with Gasteiger partial charge in [0.1, 0.15) is 0 Å². The van der Waals surface area contributed by atoms with Crippen LogP contribution in [-0.2, 0) is 4.79 Å². The van der Waals surface area contributed by atoms with E-state index < -0.39 is 5.97 Å². The van der Waals surface area contributed by atoms with Crippen molar-refractivity contribution in [2.75, 3.05) is 13.1 Å². The first kappa shape index (κ1) is 35.0. The third-order valence-corrected chi connectivity index (χ3v) is 16.8. The van der Waals surface area contributed by atoms with Crippen molar-refractivity contribution in [2.45, 2.75) is 137 Å². The Bertz CT molecular complexity index is 1530. The van der Waals surface area contributed by atoms with E-state index in [1.54, 1.807) is 12.1 Å². The quantitative estimate of drug-likeness (QED) is 0.296. The Morgan fingerprint density at radius 3 is 2.31 bits per heavy atom. The Morgan fingerprint density at radius 1 is 0.898 bits per heavy atom. The van der Waals surface area contributed by atoms with Crippen LogP contribution in [0.5, 0.6) is 0 Å². The summed E-state index contributed by atoms with van der Waals surface area (Å²) in [4.78, 5) is 27.9. The smallest absolute Gasteiger partial charge is 0.335 e. The molecular formula is C44H64N2O3. The lowest BCUT2D eigenvalue weighted by molar-refractivity contribution is -0.219.